The number of pyridine rings is 1. The van der Waals surface area contributed by atoms with Gasteiger partial charge in [-0.3, -0.25) is 4.98 Å². The van der Waals surface area contributed by atoms with Crippen LogP contribution in [0.3, 0.4) is 0 Å². The minimum absolute atomic E-state index is 0.205. The van der Waals surface area contributed by atoms with Crippen LogP contribution in [0.4, 0.5) is 8.78 Å². The molecular weight excluding hydrogens is 244 g/mol. The summed E-state index contributed by atoms with van der Waals surface area (Å²) in [6, 6.07) is 1.23. The van der Waals surface area contributed by atoms with E-state index in [9.17, 15) is 8.78 Å². The molecule has 13 heavy (non-hydrogen) atoms. The van der Waals surface area contributed by atoms with Gasteiger partial charge in [0.15, 0.2) is 0 Å². The molecule has 1 N–H and O–H groups in total. The number of rotatable bonds is 2. The van der Waals surface area contributed by atoms with Gasteiger partial charge < -0.3 is 5.11 Å². The molecule has 1 rings (SSSR count). The highest BCUT2D eigenvalue weighted by Crippen LogP contribution is 2.25. The molecular formula is C8H8BrF2NO. The van der Waals surface area contributed by atoms with E-state index >= 15 is 0 Å². The monoisotopic (exact) mass is 251 g/mol. The Labute approximate surface area is 82.7 Å². The van der Waals surface area contributed by atoms with Gasteiger partial charge in [-0.15, -0.1) is 0 Å². The van der Waals surface area contributed by atoms with Gasteiger partial charge in [-0.2, -0.15) is 0 Å². The fourth-order valence-electron chi connectivity index (χ4n) is 0.985. The van der Waals surface area contributed by atoms with Crippen molar-refractivity contribution in [2.75, 3.05) is 0 Å². The Morgan fingerprint density at radius 1 is 1.62 bits per heavy atom. The lowest BCUT2D eigenvalue weighted by atomic mass is 10.2. The minimum Gasteiger partial charge on any atom is -0.392 e. The van der Waals surface area contributed by atoms with Crippen molar-refractivity contribution in [1.29, 1.82) is 0 Å². The van der Waals surface area contributed by atoms with Gasteiger partial charge in [-0.1, -0.05) is 15.9 Å². The predicted octanol–water partition coefficient (Wildman–Crippen LogP) is 2.58. The van der Waals surface area contributed by atoms with Crippen molar-refractivity contribution in [2.45, 2.75) is 20.0 Å². The van der Waals surface area contributed by atoms with Crippen molar-refractivity contribution in [2.24, 2.45) is 0 Å². The van der Waals surface area contributed by atoms with Crippen LogP contribution in [-0.4, -0.2) is 10.1 Å². The summed E-state index contributed by atoms with van der Waals surface area (Å²) in [5.41, 5.74) is 0.693. The number of aromatic nitrogens is 1. The average Bonchev–Trinajstić information content (AvgIpc) is 2.03. The van der Waals surface area contributed by atoms with E-state index < -0.39 is 6.43 Å². The number of aliphatic hydroxyl groups excluding tert-OH is 1. The quantitative estimate of drug-likeness (QED) is 0.877. The Kier molecular flexibility index (Phi) is 3.33. The maximum Gasteiger partial charge on any atom is 0.280 e. The molecule has 0 saturated carbocycles. The largest absolute Gasteiger partial charge is 0.392 e. The second-order valence-corrected chi connectivity index (χ2v) is 3.41. The van der Waals surface area contributed by atoms with Crippen LogP contribution in [0, 0.1) is 6.92 Å². The topological polar surface area (TPSA) is 33.1 Å². The maximum atomic E-state index is 12.2. The lowest BCUT2D eigenvalue weighted by Gasteiger charge is -2.07. The van der Waals surface area contributed by atoms with Gasteiger partial charge in [0.2, 0.25) is 0 Å². The van der Waals surface area contributed by atoms with Gasteiger partial charge in [0.05, 0.1) is 6.61 Å². The number of aryl methyl sites for hydroxylation is 1. The molecule has 0 saturated heterocycles. The summed E-state index contributed by atoms with van der Waals surface area (Å²) in [5, 5.41) is 8.87. The van der Waals surface area contributed by atoms with Crippen molar-refractivity contribution >= 4 is 15.9 Å². The van der Waals surface area contributed by atoms with Crippen LogP contribution < -0.4 is 0 Å². The first-order valence-electron chi connectivity index (χ1n) is 3.61. The van der Waals surface area contributed by atoms with Crippen molar-refractivity contribution in [3.05, 3.63) is 27.5 Å². The van der Waals surface area contributed by atoms with Crippen LogP contribution in [0.5, 0.6) is 0 Å². The smallest absolute Gasteiger partial charge is 0.280 e. The predicted molar refractivity (Wildman–Crippen MR) is 47.6 cm³/mol. The third-order valence-corrected chi connectivity index (χ3v) is 2.39. The lowest BCUT2D eigenvalue weighted by molar-refractivity contribution is 0.145. The number of alkyl halides is 2. The third kappa shape index (κ3) is 2.22. The summed E-state index contributed by atoms with van der Waals surface area (Å²) in [4.78, 5) is 3.66. The molecule has 0 bridgehead atoms. The zero-order valence-electron chi connectivity index (χ0n) is 6.89. The maximum absolute atomic E-state index is 12.2. The SMILES string of the molecule is Cc1nc(C(F)F)cc(Br)c1CO. The van der Waals surface area contributed by atoms with Crippen LogP contribution in [0.25, 0.3) is 0 Å². The van der Waals surface area contributed by atoms with E-state index in [2.05, 4.69) is 20.9 Å². The molecule has 0 aliphatic rings. The molecule has 72 valence electrons. The normalized spacial score (nSPS) is 10.9. The molecule has 0 unspecified atom stereocenters. The zero-order valence-corrected chi connectivity index (χ0v) is 8.48. The van der Waals surface area contributed by atoms with E-state index in [4.69, 9.17) is 5.11 Å². The fraction of sp³-hybridized carbons (Fsp3) is 0.375. The van der Waals surface area contributed by atoms with Gasteiger partial charge in [0.1, 0.15) is 5.69 Å². The highest BCUT2D eigenvalue weighted by molar-refractivity contribution is 9.10. The first-order chi connectivity index (χ1) is 6.06. The van der Waals surface area contributed by atoms with Crippen LogP contribution in [-0.2, 0) is 6.61 Å². The molecule has 0 amide bonds. The van der Waals surface area contributed by atoms with Crippen LogP contribution >= 0.6 is 15.9 Å². The lowest BCUT2D eigenvalue weighted by Crippen LogP contribution is -1.99. The second kappa shape index (κ2) is 4.11. The van der Waals surface area contributed by atoms with Gasteiger partial charge in [0.25, 0.3) is 6.43 Å². The summed E-state index contributed by atoms with van der Waals surface area (Å²) < 4.78 is 24.9. The molecule has 0 aromatic carbocycles. The number of aliphatic hydroxyl groups is 1. The van der Waals surface area contributed by atoms with Crippen LogP contribution in [0.1, 0.15) is 23.4 Å². The van der Waals surface area contributed by atoms with Gasteiger partial charge in [0, 0.05) is 15.7 Å². The number of hydrogen-bond donors (Lipinski definition) is 1. The Bertz CT molecular complexity index is 294. The fourth-order valence-corrected chi connectivity index (χ4v) is 1.63. The van der Waals surface area contributed by atoms with E-state index in [1.54, 1.807) is 6.92 Å². The Morgan fingerprint density at radius 3 is 2.62 bits per heavy atom. The van der Waals surface area contributed by atoms with Crippen molar-refractivity contribution in [3.63, 3.8) is 0 Å². The minimum atomic E-state index is -2.58. The van der Waals surface area contributed by atoms with Gasteiger partial charge in [-0.25, -0.2) is 8.78 Å². The number of nitrogens with zero attached hydrogens (tertiary/aromatic N) is 1. The average molecular weight is 252 g/mol. The molecule has 0 radical (unpaired) electrons. The molecule has 0 aliphatic heterocycles. The summed E-state index contributed by atoms with van der Waals surface area (Å²) >= 11 is 3.09. The van der Waals surface area contributed by atoms with Gasteiger partial charge in [-0.05, 0) is 13.0 Å². The van der Waals surface area contributed by atoms with E-state index in [0.29, 0.717) is 15.7 Å². The highest BCUT2D eigenvalue weighted by Gasteiger charge is 2.13. The third-order valence-electron chi connectivity index (χ3n) is 1.68. The van der Waals surface area contributed by atoms with Crippen LogP contribution in [0.2, 0.25) is 0 Å². The second-order valence-electron chi connectivity index (χ2n) is 2.55. The summed E-state index contributed by atoms with van der Waals surface area (Å²) in [6.45, 7) is 1.38. The van der Waals surface area contributed by atoms with Crippen molar-refractivity contribution < 1.29 is 13.9 Å². The Hall–Kier alpha value is -0.550. The summed E-state index contributed by atoms with van der Waals surface area (Å²) in [7, 11) is 0. The molecule has 5 heteroatoms. The summed E-state index contributed by atoms with van der Waals surface area (Å²) in [6.07, 6.45) is -2.58. The zero-order chi connectivity index (χ0) is 10.0. The van der Waals surface area contributed by atoms with E-state index in [-0.39, 0.29) is 12.3 Å². The standard InChI is InChI=1S/C8H8BrF2NO/c1-4-5(3-13)6(9)2-7(12-4)8(10)11/h2,8,13H,3H2,1H3. The van der Waals surface area contributed by atoms with Crippen molar-refractivity contribution in [3.8, 4) is 0 Å². The number of hydrogen-bond acceptors (Lipinski definition) is 2. The molecule has 0 fully saturated rings. The first kappa shape index (κ1) is 10.5. The van der Waals surface area contributed by atoms with Crippen LogP contribution in [0.15, 0.2) is 10.5 Å². The molecule has 0 aliphatic carbocycles. The number of halogens is 3. The molecule has 1 aromatic rings. The van der Waals surface area contributed by atoms with E-state index in [1.165, 1.54) is 6.07 Å². The molecule has 1 aromatic heterocycles. The molecule has 1 heterocycles. The Morgan fingerprint density at radius 2 is 2.23 bits per heavy atom. The molecule has 0 spiro atoms. The highest BCUT2D eigenvalue weighted by atomic mass is 79.9. The summed E-state index contributed by atoms with van der Waals surface area (Å²) in [5.74, 6) is 0. The van der Waals surface area contributed by atoms with Crippen molar-refractivity contribution in [1.82, 2.24) is 4.98 Å². The molecule has 0 atom stereocenters. The van der Waals surface area contributed by atoms with Gasteiger partial charge >= 0.3 is 0 Å². The first-order valence-corrected chi connectivity index (χ1v) is 4.40. The Balaban J connectivity index is 3.20. The van der Waals surface area contributed by atoms with E-state index in [1.807, 2.05) is 0 Å². The van der Waals surface area contributed by atoms with E-state index in [0.717, 1.165) is 0 Å². The molecule has 2 nitrogen and oxygen atoms in total.